The van der Waals surface area contributed by atoms with Crippen molar-refractivity contribution in [3.63, 3.8) is 0 Å². The highest BCUT2D eigenvalue weighted by atomic mass is 16.5. The van der Waals surface area contributed by atoms with E-state index < -0.39 is 0 Å². The first-order valence-corrected chi connectivity index (χ1v) is 8.01. The maximum absolute atomic E-state index is 6.17. The molecule has 1 atom stereocenters. The van der Waals surface area contributed by atoms with Gasteiger partial charge in [0.1, 0.15) is 12.2 Å². The lowest BCUT2D eigenvalue weighted by atomic mass is 9.84. The zero-order chi connectivity index (χ0) is 15.1. The van der Waals surface area contributed by atoms with Gasteiger partial charge in [-0.1, -0.05) is 6.92 Å². The molecule has 6 heteroatoms. The van der Waals surface area contributed by atoms with Crippen LogP contribution in [0.15, 0.2) is 6.33 Å². The Kier molecular flexibility index (Phi) is 6.14. The number of ether oxygens (including phenoxy) is 2. The van der Waals surface area contributed by atoms with E-state index in [9.17, 15) is 0 Å². The van der Waals surface area contributed by atoms with Gasteiger partial charge in [0.15, 0.2) is 0 Å². The normalized spacial score (nSPS) is 19.6. The number of hydrogen-bond acceptors (Lipinski definition) is 5. The molecule has 0 spiro atoms. The van der Waals surface area contributed by atoms with Crippen molar-refractivity contribution in [3.8, 4) is 0 Å². The second kappa shape index (κ2) is 7.87. The van der Waals surface area contributed by atoms with Crippen LogP contribution >= 0.6 is 0 Å². The molecular formula is C15H28N4O2. The van der Waals surface area contributed by atoms with E-state index in [1.54, 1.807) is 6.33 Å². The van der Waals surface area contributed by atoms with Crippen molar-refractivity contribution in [3.05, 3.63) is 12.2 Å². The molecular weight excluding hydrogens is 268 g/mol. The third kappa shape index (κ3) is 3.81. The Morgan fingerprint density at radius 2 is 2.19 bits per heavy atom. The number of nitrogens with one attached hydrogen (secondary N) is 1. The second-order valence-electron chi connectivity index (χ2n) is 5.55. The van der Waals surface area contributed by atoms with E-state index in [1.807, 2.05) is 11.7 Å². The summed E-state index contributed by atoms with van der Waals surface area (Å²) in [5.74, 6) is 1.03. The van der Waals surface area contributed by atoms with Crippen LogP contribution in [-0.4, -0.2) is 53.3 Å². The standard InChI is InChI=1S/C15H28N4O2/c1-4-8-19-14(17-12-18-19)11-13(16-3)15(21-5-2)6-9-20-10-7-15/h12-13,16H,4-11H2,1-3H3. The lowest BCUT2D eigenvalue weighted by Crippen LogP contribution is -2.56. The number of hydrogen-bond donors (Lipinski definition) is 1. The lowest BCUT2D eigenvalue weighted by molar-refractivity contribution is -0.125. The Bertz CT molecular complexity index is 410. The summed E-state index contributed by atoms with van der Waals surface area (Å²) in [7, 11) is 2.00. The number of rotatable bonds is 8. The van der Waals surface area contributed by atoms with Crippen molar-refractivity contribution in [2.24, 2.45) is 0 Å². The van der Waals surface area contributed by atoms with E-state index in [2.05, 4.69) is 29.2 Å². The fraction of sp³-hybridized carbons (Fsp3) is 0.867. The smallest absolute Gasteiger partial charge is 0.138 e. The quantitative estimate of drug-likeness (QED) is 0.786. The van der Waals surface area contributed by atoms with Crippen molar-refractivity contribution in [2.45, 2.75) is 57.7 Å². The summed E-state index contributed by atoms with van der Waals surface area (Å²) >= 11 is 0. The number of aromatic nitrogens is 3. The molecule has 0 radical (unpaired) electrons. The summed E-state index contributed by atoms with van der Waals surface area (Å²) in [6, 6.07) is 0.223. The molecule has 1 aromatic heterocycles. The minimum Gasteiger partial charge on any atom is -0.381 e. The Morgan fingerprint density at radius 1 is 1.43 bits per heavy atom. The molecule has 120 valence electrons. The zero-order valence-corrected chi connectivity index (χ0v) is 13.5. The van der Waals surface area contributed by atoms with Gasteiger partial charge in [-0.25, -0.2) is 4.98 Å². The molecule has 0 amide bonds. The summed E-state index contributed by atoms with van der Waals surface area (Å²) in [5.41, 5.74) is -0.162. The SMILES string of the molecule is CCCn1ncnc1CC(NC)C1(OCC)CCOCC1. The first-order valence-electron chi connectivity index (χ1n) is 8.01. The van der Waals surface area contributed by atoms with E-state index in [1.165, 1.54) is 0 Å². The highest BCUT2D eigenvalue weighted by Crippen LogP contribution is 2.30. The van der Waals surface area contributed by atoms with E-state index in [-0.39, 0.29) is 11.6 Å². The molecule has 1 aliphatic heterocycles. The van der Waals surface area contributed by atoms with Crippen molar-refractivity contribution < 1.29 is 9.47 Å². The van der Waals surface area contributed by atoms with Crippen LogP contribution in [0.1, 0.15) is 38.9 Å². The summed E-state index contributed by atoms with van der Waals surface area (Å²) in [6.45, 7) is 7.38. The fourth-order valence-electron chi connectivity index (χ4n) is 3.18. The van der Waals surface area contributed by atoms with E-state index >= 15 is 0 Å². The van der Waals surface area contributed by atoms with Gasteiger partial charge >= 0.3 is 0 Å². The summed E-state index contributed by atoms with van der Waals surface area (Å²) in [6.07, 6.45) is 5.39. The van der Waals surface area contributed by atoms with Gasteiger partial charge in [-0.3, -0.25) is 4.68 Å². The van der Waals surface area contributed by atoms with Gasteiger partial charge in [0.05, 0.1) is 5.60 Å². The average Bonchev–Trinajstić information content (AvgIpc) is 2.93. The van der Waals surface area contributed by atoms with Gasteiger partial charge in [-0.2, -0.15) is 5.10 Å². The first kappa shape index (κ1) is 16.4. The topological polar surface area (TPSA) is 61.2 Å². The highest BCUT2D eigenvalue weighted by Gasteiger charge is 2.41. The Labute approximate surface area is 127 Å². The number of aryl methyl sites for hydroxylation is 1. The third-order valence-corrected chi connectivity index (χ3v) is 4.27. The van der Waals surface area contributed by atoms with Crippen LogP contribution in [0.3, 0.4) is 0 Å². The van der Waals surface area contributed by atoms with Gasteiger partial charge < -0.3 is 14.8 Å². The monoisotopic (exact) mass is 296 g/mol. The molecule has 2 rings (SSSR count). The zero-order valence-electron chi connectivity index (χ0n) is 13.5. The Balaban J connectivity index is 2.14. The molecule has 1 saturated heterocycles. The molecule has 1 N–H and O–H groups in total. The third-order valence-electron chi connectivity index (χ3n) is 4.27. The molecule has 0 aliphatic carbocycles. The minimum atomic E-state index is -0.162. The van der Waals surface area contributed by atoms with Crippen LogP contribution in [-0.2, 0) is 22.4 Å². The van der Waals surface area contributed by atoms with Crippen LogP contribution in [0.2, 0.25) is 0 Å². The van der Waals surface area contributed by atoms with Crippen molar-refractivity contribution in [2.75, 3.05) is 26.9 Å². The predicted octanol–water partition coefficient (Wildman–Crippen LogP) is 1.40. The summed E-state index contributed by atoms with van der Waals surface area (Å²) in [4.78, 5) is 4.43. The van der Waals surface area contributed by atoms with Gasteiger partial charge in [0, 0.05) is 51.7 Å². The minimum absolute atomic E-state index is 0.162. The highest BCUT2D eigenvalue weighted by molar-refractivity contribution is 5.01. The maximum Gasteiger partial charge on any atom is 0.138 e. The van der Waals surface area contributed by atoms with Gasteiger partial charge in [0.25, 0.3) is 0 Å². The Hall–Kier alpha value is -0.980. The van der Waals surface area contributed by atoms with Crippen LogP contribution in [0.4, 0.5) is 0 Å². The Morgan fingerprint density at radius 3 is 2.81 bits per heavy atom. The number of nitrogens with zero attached hydrogens (tertiary/aromatic N) is 3. The van der Waals surface area contributed by atoms with Gasteiger partial charge in [-0.15, -0.1) is 0 Å². The lowest BCUT2D eigenvalue weighted by Gasteiger charge is -2.43. The van der Waals surface area contributed by atoms with Crippen LogP contribution in [0.5, 0.6) is 0 Å². The van der Waals surface area contributed by atoms with Crippen molar-refractivity contribution >= 4 is 0 Å². The van der Waals surface area contributed by atoms with Crippen LogP contribution in [0.25, 0.3) is 0 Å². The maximum atomic E-state index is 6.17. The second-order valence-corrected chi connectivity index (χ2v) is 5.55. The summed E-state index contributed by atoms with van der Waals surface area (Å²) < 4.78 is 13.7. The molecule has 0 saturated carbocycles. The molecule has 21 heavy (non-hydrogen) atoms. The predicted molar refractivity (Wildman–Crippen MR) is 81.3 cm³/mol. The molecule has 1 fully saturated rings. The van der Waals surface area contributed by atoms with Crippen LogP contribution < -0.4 is 5.32 Å². The molecule has 1 aromatic rings. The van der Waals surface area contributed by atoms with Gasteiger partial charge in [-0.05, 0) is 20.4 Å². The molecule has 2 heterocycles. The summed E-state index contributed by atoms with van der Waals surface area (Å²) in [5, 5.41) is 7.76. The van der Waals surface area contributed by atoms with Crippen molar-refractivity contribution in [1.82, 2.24) is 20.1 Å². The van der Waals surface area contributed by atoms with Crippen molar-refractivity contribution in [1.29, 1.82) is 0 Å². The average molecular weight is 296 g/mol. The van der Waals surface area contributed by atoms with Gasteiger partial charge in [0.2, 0.25) is 0 Å². The van der Waals surface area contributed by atoms with E-state index in [4.69, 9.17) is 9.47 Å². The molecule has 0 bridgehead atoms. The van der Waals surface area contributed by atoms with Crippen LogP contribution in [0, 0.1) is 0 Å². The molecule has 1 aliphatic rings. The molecule has 0 aromatic carbocycles. The molecule has 1 unspecified atom stereocenters. The number of likely N-dealkylation sites (N-methyl/N-ethyl adjacent to an activating group) is 1. The largest absolute Gasteiger partial charge is 0.381 e. The molecule has 6 nitrogen and oxygen atoms in total. The first-order chi connectivity index (χ1) is 10.3. The fourth-order valence-corrected chi connectivity index (χ4v) is 3.18. The van der Waals surface area contributed by atoms with E-state index in [0.29, 0.717) is 0 Å². The van der Waals surface area contributed by atoms with E-state index in [0.717, 1.165) is 57.9 Å².